The van der Waals surface area contributed by atoms with Crippen molar-refractivity contribution in [3.63, 3.8) is 0 Å². The van der Waals surface area contributed by atoms with E-state index in [9.17, 15) is 4.39 Å². The summed E-state index contributed by atoms with van der Waals surface area (Å²) in [5.74, 6) is -0.278. The van der Waals surface area contributed by atoms with Crippen LogP contribution in [0.1, 0.15) is 43.0 Å². The first-order valence-corrected chi connectivity index (χ1v) is 14.3. The van der Waals surface area contributed by atoms with Crippen LogP contribution < -0.4 is 5.32 Å². The van der Waals surface area contributed by atoms with Crippen molar-refractivity contribution in [1.29, 1.82) is 0 Å². The molecule has 0 aliphatic carbocycles. The zero-order valence-electron chi connectivity index (χ0n) is 24.0. The SMILES string of the molecule is C=C(/C=C(C(=C)c1cc2c(-c3cccc(F)c3)cncc2[nH]1)\C(=C/C)NC)c1cncc(CCCN2CCCC2)c1. The van der Waals surface area contributed by atoms with E-state index in [0.29, 0.717) is 0 Å². The zero-order valence-corrected chi connectivity index (χ0v) is 24.0. The quantitative estimate of drug-likeness (QED) is 0.190. The maximum Gasteiger partial charge on any atom is 0.123 e. The number of H-pyrrole nitrogens is 1. The minimum atomic E-state index is -0.278. The number of rotatable bonds is 11. The summed E-state index contributed by atoms with van der Waals surface area (Å²) in [6, 6.07) is 10.8. The zero-order chi connectivity index (χ0) is 28.8. The summed E-state index contributed by atoms with van der Waals surface area (Å²) in [5, 5.41) is 4.26. The molecule has 0 spiro atoms. The second kappa shape index (κ2) is 12.9. The molecule has 41 heavy (non-hydrogen) atoms. The molecular weight excluding hydrogens is 509 g/mol. The summed E-state index contributed by atoms with van der Waals surface area (Å²) in [4.78, 5) is 15.0. The van der Waals surface area contributed by atoms with Gasteiger partial charge in [-0.05, 0) is 105 Å². The highest BCUT2D eigenvalue weighted by atomic mass is 19.1. The molecule has 1 aromatic carbocycles. The van der Waals surface area contributed by atoms with E-state index in [1.165, 1.54) is 43.6 Å². The second-order valence-corrected chi connectivity index (χ2v) is 10.6. The number of hydrogen-bond acceptors (Lipinski definition) is 4. The molecular formula is C35H38FN5. The molecule has 1 fully saturated rings. The third-order valence-electron chi connectivity index (χ3n) is 7.80. The van der Waals surface area contributed by atoms with Gasteiger partial charge in [-0.3, -0.25) is 9.97 Å². The minimum absolute atomic E-state index is 0.278. The number of allylic oxidation sites excluding steroid dienone is 4. The lowest BCUT2D eigenvalue weighted by molar-refractivity contribution is 0.334. The highest BCUT2D eigenvalue weighted by Crippen LogP contribution is 2.34. The van der Waals surface area contributed by atoms with Crippen LogP contribution >= 0.6 is 0 Å². The van der Waals surface area contributed by atoms with Gasteiger partial charge in [0.25, 0.3) is 0 Å². The first-order chi connectivity index (χ1) is 20.0. The van der Waals surface area contributed by atoms with Crippen LogP contribution in [0.4, 0.5) is 4.39 Å². The number of fused-ring (bicyclic) bond motifs is 1. The number of nitrogens with one attached hydrogen (secondary N) is 2. The molecule has 0 unspecified atom stereocenters. The molecule has 5 rings (SSSR count). The summed E-state index contributed by atoms with van der Waals surface area (Å²) >= 11 is 0. The highest BCUT2D eigenvalue weighted by molar-refractivity contribution is 5.98. The van der Waals surface area contributed by atoms with E-state index in [1.54, 1.807) is 18.5 Å². The van der Waals surface area contributed by atoms with Gasteiger partial charge in [-0.1, -0.05) is 31.4 Å². The molecule has 210 valence electrons. The third-order valence-corrected chi connectivity index (χ3v) is 7.80. The lowest BCUT2D eigenvalue weighted by Gasteiger charge is -2.15. The smallest absolute Gasteiger partial charge is 0.123 e. The topological polar surface area (TPSA) is 56.8 Å². The molecule has 1 aliphatic rings. The number of aromatic nitrogens is 3. The van der Waals surface area contributed by atoms with Crippen LogP contribution in [-0.4, -0.2) is 46.5 Å². The standard InChI is InChI=1S/C35H38FN5/c1-5-33(37-4)30(16-24(2)28-17-26(20-38-21-28)10-9-15-41-13-6-7-14-41)25(3)34-19-31-32(22-39-23-35(31)40-34)27-11-8-12-29(36)18-27/h5,8,11-12,16-23,37,40H,2-3,6-7,9-10,13-15H2,1,4H3/b30-16-,33-5+. The summed E-state index contributed by atoms with van der Waals surface area (Å²) in [5.41, 5.74) is 9.11. The van der Waals surface area contributed by atoms with Crippen LogP contribution in [0.25, 0.3) is 33.2 Å². The van der Waals surface area contributed by atoms with Gasteiger partial charge < -0.3 is 15.2 Å². The van der Waals surface area contributed by atoms with E-state index >= 15 is 0 Å². The number of hydrogen-bond donors (Lipinski definition) is 2. The summed E-state index contributed by atoms with van der Waals surface area (Å²) in [6.45, 7) is 14.5. The second-order valence-electron chi connectivity index (χ2n) is 10.6. The van der Waals surface area contributed by atoms with Crippen molar-refractivity contribution in [1.82, 2.24) is 25.2 Å². The number of aromatic amines is 1. The van der Waals surface area contributed by atoms with Gasteiger partial charge in [0.1, 0.15) is 5.82 Å². The predicted molar refractivity (Wildman–Crippen MR) is 169 cm³/mol. The fourth-order valence-corrected chi connectivity index (χ4v) is 5.58. The van der Waals surface area contributed by atoms with E-state index in [4.69, 9.17) is 0 Å². The lowest BCUT2D eigenvalue weighted by atomic mass is 9.95. The van der Waals surface area contributed by atoms with Crippen molar-refractivity contribution in [3.05, 3.63) is 120 Å². The van der Waals surface area contributed by atoms with Gasteiger partial charge in [0.15, 0.2) is 0 Å². The maximum atomic E-state index is 14.0. The van der Waals surface area contributed by atoms with Crippen molar-refractivity contribution in [3.8, 4) is 11.1 Å². The van der Waals surface area contributed by atoms with Crippen LogP contribution in [0, 0.1) is 5.82 Å². The summed E-state index contributed by atoms with van der Waals surface area (Å²) in [7, 11) is 1.90. The van der Waals surface area contributed by atoms with Gasteiger partial charge in [-0.2, -0.15) is 0 Å². The maximum absolute atomic E-state index is 14.0. The number of nitrogens with zero attached hydrogens (tertiary/aromatic N) is 3. The fourth-order valence-electron chi connectivity index (χ4n) is 5.58. The van der Waals surface area contributed by atoms with E-state index in [2.05, 4.69) is 56.5 Å². The number of likely N-dealkylation sites (tertiary alicyclic amines) is 1. The van der Waals surface area contributed by atoms with Gasteiger partial charge in [0, 0.05) is 59.1 Å². The molecule has 0 saturated carbocycles. The molecule has 4 aromatic rings. The number of halogens is 1. The van der Waals surface area contributed by atoms with Crippen molar-refractivity contribution in [2.24, 2.45) is 0 Å². The Bertz CT molecular complexity index is 1620. The average molecular weight is 548 g/mol. The van der Waals surface area contributed by atoms with Gasteiger partial charge in [0.05, 0.1) is 11.7 Å². The Morgan fingerprint density at radius 1 is 1.07 bits per heavy atom. The van der Waals surface area contributed by atoms with Crippen LogP contribution in [0.2, 0.25) is 0 Å². The average Bonchev–Trinajstić information content (AvgIpc) is 3.67. The van der Waals surface area contributed by atoms with Crippen molar-refractivity contribution >= 4 is 22.0 Å². The molecule has 1 saturated heterocycles. The van der Waals surface area contributed by atoms with Gasteiger partial charge in [-0.15, -0.1) is 0 Å². The van der Waals surface area contributed by atoms with Crippen molar-refractivity contribution in [2.75, 3.05) is 26.7 Å². The lowest BCUT2D eigenvalue weighted by Crippen LogP contribution is -2.20. The normalized spacial score (nSPS) is 14.5. The van der Waals surface area contributed by atoms with E-state index in [-0.39, 0.29) is 5.82 Å². The molecule has 0 bridgehead atoms. The molecule has 3 aromatic heterocycles. The largest absolute Gasteiger partial charge is 0.388 e. The molecule has 2 N–H and O–H groups in total. The Labute approximate surface area is 242 Å². The van der Waals surface area contributed by atoms with Crippen molar-refractivity contribution < 1.29 is 4.39 Å². The fraction of sp³-hybridized carbons (Fsp3) is 0.257. The number of likely N-dealkylation sites (N-methyl/N-ethyl adjacent to an activating group) is 1. The number of aryl methyl sites for hydroxylation is 1. The van der Waals surface area contributed by atoms with Crippen LogP contribution in [0.3, 0.4) is 0 Å². The Morgan fingerprint density at radius 3 is 2.63 bits per heavy atom. The monoisotopic (exact) mass is 547 g/mol. The number of benzene rings is 1. The first kappa shape index (κ1) is 28.2. The third kappa shape index (κ3) is 6.55. The molecule has 5 nitrogen and oxygen atoms in total. The summed E-state index contributed by atoms with van der Waals surface area (Å²) < 4.78 is 14.0. The van der Waals surface area contributed by atoms with Crippen LogP contribution in [0.5, 0.6) is 0 Å². The Kier molecular flexibility index (Phi) is 8.90. The van der Waals surface area contributed by atoms with Crippen LogP contribution in [0.15, 0.2) is 97.8 Å². The van der Waals surface area contributed by atoms with Gasteiger partial charge in [0.2, 0.25) is 0 Å². The van der Waals surface area contributed by atoms with Crippen LogP contribution in [-0.2, 0) is 6.42 Å². The Morgan fingerprint density at radius 2 is 1.88 bits per heavy atom. The molecule has 0 atom stereocenters. The molecule has 0 amide bonds. The summed E-state index contributed by atoms with van der Waals surface area (Å²) in [6.07, 6.45) is 16.3. The Balaban J connectivity index is 1.42. The van der Waals surface area contributed by atoms with E-state index in [0.717, 1.165) is 75.1 Å². The Hall–Kier alpha value is -4.29. The molecule has 4 heterocycles. The molecule has 1 aliphatic heterocycles. The highest BCUT2D eigenvalue weighted by Gasteiger charge is 2.16. The van der Waals surface area contributed by atoms with Crippen molar-refractivity contribution in [2.45, 2.75) is 32.6 Å². The van der Waals surface area contributed by atoms with Gasteiger partial charge in [-0.25, -0.2) is 4.39 Å². The minimum Gasteiger partial charge on any atom is -0.388 e. The van der Waals surface area contributed by atoms with E-state index < -0.39 is 0 Å². The van der Waals surface area contributed by atoms with E-state index in [1.807, 2.05) is 38.5 Å². The molecule has 6 heteroatoms. The molecule has 0 radical (unpaired) electrons. The first-order valence-electron chi connectivity index (χ1n) is 14.3. The number of pyridine rings is 2. The predicted octanol–water partition coefficient (Wildman–Crippen LogP) is 7.57. The van der Waals surface area contributed by atoms with Gasteiger partial charge >= 0.3 is 0 Å².